The van der Waals surface area contributed by atoms with Crippen LogP contribution in [-0.4, -0.2) is 39.0 Å². The number of rotatable bonds is 10. The van der Waals surface area contributed by atoms with Crippen molar-refractivity contribution >= 4 is 43.6 Å². The number of nitrogens with zero attached hydrogens (tertiary/aromatic N) is 8. The van der Waals surface area contributed by atoms with Gasteiger partial charge >= 0.3 is 24.7 Å². The molecule has 0 aliphatic rings. The van der Waals surface area contributed by atoms with Crippen LogP contribution >= 0.6 is 0 Å². The van der Waals surface area contributed by atoms with Crippen molar-refractivity contribution in [3.8, 4) is 102 Å². The minimum absolute atomic E-state index is 0.110. The van der Waals surface area contributed by atoms with Gasteiger partial charge in [-0.05, 0) is 125 Å². The van der Waals surface area contributed by atoms with Crippen LogP contribution in [-0.2, 0) is 24.7 Å². The van der Waals surface area contributed by atoms with Gasteiger partial charge in [0.1, 0.15) is 0 Å². The average molecular weight is 1300 g/mol. The molecule has 470 valence electrons. The van der Waals surface area contributed by atoms with Gasteiger partial charge in [0.25, 0.3) is 0 Å². The van der Waals surface area contributed by atoms with E-state index in [4.69, 9.17) is 29.9 Å². The predicted octanol–water partition coefficient (Wildman–Crippen LogP) is 21.7. The van der Waals surface area contributed by atoms with Gasteiger partial charge in [-0.15, -0.1) is 0 Å². The molecule has 0 saturated carbocycles. The van der Waals surface area contributed by atoms with Crippen molar-refractivity contribution in [2.45, 2.75) is 24.7 Å². The first kappa shape index (κ1) is 60.4. The van der Waals surface area contributed by atoms with E-state index in [-0.39, 0.29) is 89.9 Å². The normalized spacial score (nSPS) is 12.4. The molecule has 4 heterocycles. The molecule has 0 fully saturated rings. The SMILES string of the molecule is FC(F)(F)c1ccc2c(c1)c1cc(C(F)(F)F)ccc1n2-c1cc(-c2cccc(-c3ccc(-c4nc(-c5ccccc5)nc(-c5ccccc5)n4)c(-n4c5ccc(C(F)(F)F)cc5c5cc(C(F)(F)F)ccc54)c3)c2)ccc1-c1nc(-c2ccccc2)nc(-c2ccccc2)n1. The average Bonchev–Trinajstić information content (AvgIpc) is 1.57. The van der Waals surface area contributed by atoms with Gasteiger partial charge in [0, 0.05) is 54.9 Å². The van der Waals surface area contributed by atoms with Gasteiger partial charge < -0.3 is 9.13 Å². The quantitative estimate of drug-likeness (QED) is 0.127. The maximum absolute atomic E-state index is 14.6. The number of hydrogen-bond donors (Lipinski definition) is 0. The second kappa shape index (κ2) is 23.0. The maximum Gasteiger partial charge on any atom is 0.416 e. The van der Waals surface area contributed by atoms with Crippen LogP contribution in [0.1, 0.15) is 22.3 Å². The Hall–Kier alpha value is -11.8. The van der Waals surface area contributed by atoms with Crippen LogP contribution in [0.15, 0.2) is 255 Å². The van der Waals surface area contributed by atoms with E-state index in [1.54, 1.807) is 63.7 Å². The molecule has 0 bridgehead atoms. The largest absolute Gasteiger partial charge is 0.416 e. The lowest BCUT2D eigenvalue weighted by molar-refractivity contribution is -0.138. The number of benzene rings is 11. The molecule has 4 aromatic heterocycles. The van der Waals surface area contributed by atoms with Gasteiger partial charge in [0.05, 0.1) is 55.7 Å². The summed E-state index contributed by atoms with van der Waals surface area (Å²) in [6, 6.07) is 65.5. The molecule has 0 spiro atoms. The van der Waals surface area contributed by atoms with Crippen LogP contribution in [0.3, 0.4) is 0 Å². The summed E-state index contributed by atoms with van der Waals surface area (Å²) < 4.78 is 179. The van der Waals surface area contributed by atoms with Crippen LogP contribution in [0.5, 0.6) is 0 Å². The summed E-state index contributed by atoms with van der Waals surface area (Å²) in [4.78, 5) is 29.7. The Kier molecular flexibility index (Phi) is 14.5. The van der Waals surface area contributed by atoms with Gasteiger partial charge in [0.15, 0.2) is 34.9 Å². The summed E-state index contributed by atoms with van der Waals surface area (Å²) >= 11 is 0. The summed E-state index contributed by atoms with van der Waals surface area (Å²) in [6.45, 7) is 0. The van der Waals surface area contributed by atoms with Crippen LogP contribution in [0.2, 0.25) is 0 Å². The molecule has 0 radical (unpaired) electrons. The molecule has 0 aliphatic carbocycles. The van der Waals surface area contributed by atoms with Crippen LogP contribution in [0.4, 0.5) is 52.7 Å². The van der Waals surface area contributed by atoms with Crippen molar-refractivity contribution < 1.29 is 52.7 Å². The number of fused-ring (bicyclic) bond motifs is 6. The number of hydrogen-bond acceptors (Lipinski definition) is 6. The molecule has 0 amide bonds. The fourth-order valence-electron chi connectivity index (χ4n) is 12.2. The van der Waals surface area contributed by atoms with Crippen molar-refractivity contribution in [1.82, 2.24) is 39.0 Å². The Labute approximate surface area is 536 Å². The smallest absolute Gasteiger partial charge is 0.308 e. The van der Waals surface area contributed by atoms with Crippen molar-refractivity contribution in [1.29, 1.82) is 0 Å². The summed E-state index contributed by atoms with van der Waals surface area (Å²) in [5.41, 5.74) is 1.83. The zero-order chi connectivity index (χ0) is 66.4. The lowest BCUT2D eigenvalue weighted by Gasteiger charge is -2.18. The van der Waals surface area contributed by atoms with Crippen molar-refractivity contribution in [3.63, 3.8) is 0 Å². The van der Waals surface area contributed by atoms with E-state index in [1.807, 2.05) is 127 Å². The molecule has 20 heteroatoms. The third-order valence-corrected chi connectivity index (χ3v) is 16.7. The second-order valence-electron chi connectivity index (χ2n) is 22.7. The monoisotopic (exact) mass is 1290 g/mol. The summed E-state index contributed by atoms with van der Waals surface area (Å²) in [5, 5.41) is -0.486. The minimum Gasteiger partial charge on any atom is -0.308 e. The topological polar surface area (TPSA) is 87.2 Å². The van der Waals surface area contributed by atoms with E-state index >= 15 is 0 Å². The van der Waals surface area contributed by atoms with E-state index in [9.17, 15) is 52.7 Å². The maximum atomic E-state index is 14.6. The van der Waals surface area contributed by atoms with E-state index < -0.39 is 47.0 Å². The molecule has 11 aromatic carbocycles. The van der Waals surface area contributed by atoms with Crippen molar-refractivity contribution in [3.05, 3.63) is 277 Å². The molecule has 0 atom stereocenters. The molecule has 0 aliphatic heterocycles. The Bertz CT molecular complexity index is 4940. The van der Waals surface area contributed by atoms with Crippen molar-refractivity contribution in [2.75, 3.05) is 0 Å². The highest BCUT2D eigenvalue weighted by Crippen LogP contribution is 2.46. The number of alkyl halides is 12. The molecular formula is C76H42F12N8. The van der Waals surface area contributed by atoms with Crippen LogP contribution in [0.25, 0.3) is 146 Å². The Balaban J connectivity index is 0.970. The predicted molar refractivity (Wildman–Crippen MR) is 345 cm³/mol. The Morgan fingerprint density at radius 1 is 0.208 bits per heavy atom. The van der Waals surface area contributed by atoms with Crippen molar-refractivity contribution in [2.24, 2.45) is 0 Å². The van der Waals surface area contributed by atoms with Gasteiger partial charge in [-0.2, -0.15) is 52.7 Å². The fourth-order valence-corrected chi connectivity index (χ4v) is 12.2. The first-order valence-electron chi connectivity index (χ1n) is 29.7. The van der Waals surface area contributed by atoms with Gasteiger partial charge in [-0.25, -0.2) is 29.9 Å². The highest BCUT2D eigenvalue weighted by molar-refractivity contribution is 6.12. The van der Waals surface area contributed by atoms with E-state index in [0.717, 1.165) is 48.5 Å². The molecule has 8 nitrogen and oxygen atoms in total. The highest BCUT2D eigenvalue weighted by atomic mass is 19.4. The lowest BCUT2D eigenvalue weighted by atomic mass is 9.96. The van der Waals surface area contributed by atoms with E-state index in [2.05, 4.69) is 0 Å². The molecule has 0 N–H and O–H groups in total. The highest BCUT2D eigenvalue weighted by Gasteiger charge is 2.36. The number of aromatic nitrogens is 8. The molecule has 0 unspecified atom stereocenters. The molecule has 0 saturated heterocycles. The Morgan fingerprint density at radius 2 is 0.448 bits per heavy atom. The Morgan fingerprint density at radius 3 is 0.708 bits per heavy atom. The van der Waals surface area contributed by atoms with Gasteiger partial charge in [0.2, 0.25) is 0 Å². The molecule has 96 heavy (non-hydrogen) atoms. The molecule has 15 aromatic rings. The van der Waals surface area contributed by atoms with E-state index in [1.165, 1.54) is 24.3 Å². The molecule has 15 rings (SSSR count). The number of halogens is 12. The zero-order valence-corrected chi connectivity index (χ0v) is 49.4. The summed E-state index contributed by atoms with van der Waals surface area (Å²) in [7, 11) is 0. The zero-order valence-electron chi connectivity index (χ0n) is 49.4. The lowest BCUT2D eigenvalue weighted by Crippen LogP contribution is -2.06. The third-order valence-electron chi connectivity index (χ3n) is 16.7. The summed E-state index contributed by atoms with van der Waals surface area (Å²) in [5.74, 6) is 1.28. The molecular weight excluding hydrogens is 1250 g/mol. The standard InChI is InChI=1S/C76H42F12N8/c77-73(78,79)51-26-32-61-57(39-51)58-40-52(74(80,81)82)27-33-62(58)95(61)65-37-49(24-30-55(65)71-91-67(43-14-5-1-6-15-43)89-68(92-71)44-16-7-2-8-17-44)47-22-13-23-48(36-47)50-25-31-56(72-93-69(45-18-9-3-10-19-45)90-70(94-72)46-20-11-4-12-21-46)66(38-50)96-63-34-28-53(75(83,84)85)41-59(63)60-42-54(76(86,87)88)29-35-64(60)96/h1-42H. The second-order valence-corrected chi connectivity index (χ2v) is 22.7. The van der Waals surface area contributed by atoms with Gasteiger partial charge in [-0.3, -0.25) is 0 Å². The fraction of sp³-hybridized carbons (Fsp3) is 0.0526. The van der Waals surface area contributed by atoms with Crippen LogP contribution in [0, 0.1) is 0 Å². The first-order chi connectivity index (χ1) is 46.1. The minimum atomic E-state index is -4.87. The van der Waals surface area contributed by atoms with Crippen LogP contribution < -0.4 is 0 Å². The van der Waals surface area contributed by atoms with E-state index in [0.29, 0.717) is 55.6 Å². The first-order valence-corrected chi connectivity index (χ1v) is 29.7. The third kappa shape index (κ3) is 11.2. The van der Waals surface area contributed by atoms with Gasteiger partial charge in [-0.1, -0.05) is 152 Å². The summed E-state index contributed by atoms with van der Waals surface area (Å²) in [6.07, 6.45) is -19.5.